The SMILES string of the molecule is Cc1c(C(=O)N2CCC[C@H]2[C@@H]2CCCN2C)nnn1-c1ccccc1. The number of aromatic nitrogens is 3. The molecule has 0 aliphatic carbocycles. The number of benzene rings is 1. The predicted octanol–water partition coefficient (Wildman–Crippen LogP) is 2.27. The van der Waals surface area contributed by atoms with E-state index in [2.05, 4.69) is 22.3 Å². The van der Waals surface area contributed by atoms with Crippen LogP contribution in [0.1, 0.15) is 41.9 Å². The van der Waals surface area contributed by atoms with E-state index < -0.39 is 0 Å². The number of carbonyl (C=O) groups is 1. The third kappa shape index (κ3) is 2.84. The molecular weight excluding hydrogens is 314 g/mol. The second kappa shape index (κ2) is 6.59. The molecule has 0 N–H and O–H groups in total. The molecular formula is C19H25N5O. The Kier molecular flexibility index (Phi) is 4.29. The molecule has 132 valence electrons. The van der Waals surface area contributed by atoms with E-state index in [0.717, 1.165) is 37.3 Å². The normalized spacial score (nSPS) is 24.2. The first-order chi connectivity index (χ1) is 12.2. The molecule has 0 saturated carbocycles. The number of para-hydroxylation sites is 1. The molecule has 0 radical (unpaired) electrons. The van der Waals surface area contributed by atoms with Crippen LogP contribution in [-0.4, -0.2) is 62.9 Å². The lowest BCUT2D eigenvalue weighted by Gasteiger charge is -2.32. The second-order valence-electron chi connectivity index (χ2n) is 7.17. The lowest BCUT2D eigenvalue weighted by molar-refractivity contribution is 0.0657. The number of hydrogen-bond acceptors (Lipinski definition) is 4. The third-order valence-electron chi connectivity index (χ3n) is 5.68. The first-order valence-corrected chi connectivity index (χ1v) is 9.16. The number of carbonyl (C=O) groups excluding carboxylic acids is 1. The van der Waals surface area contributed by atoms with Gasteiger partial charge in [0.05, 0.1) is 11.4 Å². The molecule has 25 heavy (non-hydrogen) atoms. The molecule has 1 aromatic heterocycles. The number of hydrogen-bond donors (Lipinski definition) is 0. The maximum absolute atomic E-state index is 13.2. The highest BCUT2D eigenvalue weighted by Gasteiger charge is 2.39. The molecule has 2 aliphatic rings. The standard InChI is InChI=1S/C19H25N5O/c1-14-18(20-21-24(14)15-8-4-3-5-9-15)19(25)23-13-7-11-17(23)16-10-6-12-22(16)2/h3-5,8-9,16-17H,6-7,10-13H2,1-2H3/t16-,17-/m0/s1. The molecule has 3 heterocycles. The number of likely N-dealkylation sites (N-methyl/N-ethyl adjacent to an activating group) is 1. The maximum atomic E-state index is 13.2. The highest BCUT2D eigenvalue weighted by molar-refractivity contribution is 5.93. The van der Waals surface area contributed by atoms with Crippen LogP contribution >= 0.6 is 0 Å². The molecule has 0 bridgehead atoms. The Morgan fingerprint density at radius 3 is 2.52 bits per heavy atom. The summed E-state index contributed by atoms with van der Waals surface area (Å²) >= 11 is 0. The zero-order chi connectivity index (χ0) is 17.4. The first kappa shape index (κ1) is 16.3. The van der Waals surface area contributed by atoms with Crippen LogP contribution in [0.15, 0.2) is 30.3 Å². The topological polar surface area (TPSA) is 54.3 Å². The van der Waals surface area contributed by atoms with Crippen LogP contribution in [0, 0.1) is 6.92 Å². The van der Waals surface area contributed by atoms with E-state index in [4.69, 9.17) is 0 Å². The van der Waals surface area contributed by atoms with Crippen LogP contribution in [-0.2, 0) is 0 Å². The van der Waals surface area contributed by atoms with Gasteiger partial charge in [-0.15, -0.1) is 5.10 Å². The molecule has 4 rings (SSSR count). The summed E-state index contributed by atoms with van der Waals surface area (Å²) in [5, 5.41) is 8.45. The Bertz CT molecular complexity index is 756. The first-order valence-electron chi connectivity index (χ1n) is 9.16. The molecule has 1 aromatic carbocycles. The van der Waals surface area contributed by atoms with Crippen molar-refractivity contribution in [3.8, 4) is 5.69 Å². The predicted molar refractivity (Wildman–Crippen MR) is 95.8 cm³/mol. The van der Waals surface area contributed by atoms with Gasteiger partial charge in [-0.3, -0.25) is 4.79 Å². The summed E-state index contributed by atoms with van der Waals surface area (Å²) in [6, 6.07) is 10.6. The highest BCUT2D eigenvalue weighted by Crippen LogP contribution is 2.30. The number of nitrogens with zero attached hydrogens (tertiary/aromatic N) is 5. The summed E-state index contributed by atoms with van der Waals surface area (Å²) in [4.78, 5) is 17.6. The largest absolute Gasteiger partial charge is 0.333 e. The van der Waals surface area contributed by atoms with Crippen molar-refractivity contribution in [3.05, 3.63) is 41.7 Å². The Balaban J connectivity index is 1.60. The van der Waals surface area contributed by atoms with Crippen LogP contribution in [0.2, 0.25) is 0 Å². The second-order valence-corrected chi connectivity index (χ2v) is 7.17. The fourth-order valence-electron chi connectivity index (χ4n) is 4.34. The lowest BCUT2D eigenvalue weighted by Crippen LogP contribution is -2.47. The van der Waals surface area contributed by atoms with Crippen LogP contribution < -0.4 is 0 Å². The minimum Gasteiger partial charge on any atom is -0.333 e. The summed E-state index contributed by atoms with van der Waals surface area (Å²) in [7, 11) is 2.18. The molecule has 2 aromatic rings. The minimum atomic E-state index is 0.0301. The smallest absolute Gasteiger partial charge is 0.276 e. The number of likely N-dealkylation sites (tertiary alicyclic amines) is 2. The van der Waals surface area contributed by atoms with Crippen molar-refractivity contribution in [2.45, 2.75) is 44.7 Å². The Hall–Kier alpha value is -2.21. The summed E-state index contributed by atoms with van der Waals surface area (Å²) in [6.07, 6.45) is 4.57. The van der Waals surface area contributed by atoms with Gasteiger partial charge in [-0.05, 0) is 58.3 Å². The van der Waals surface area contributed by atoms with Gasteiger partial charge in [0.1, 0.15) is 0 Å². The zero-order valence-corrected chi connectivity index (χ0v) is 14.9. The van der Waals surface area contributed by atoms with E-state index in [9.17, 15) is 4.79 Å². The van der Waals surface area contributed by atoms with Crippen molar-refractivity contribution in [1.29, 1.82) is 0 Å². The quantitative estimate of drug-likeness (QED) is 0.861. The maximum Gasteiger partial charge on any atom is 0.276 e. The highest BCUT2D eigenvalue weighted by atomic mass is 16.2. The van der Waals surface area contributed by atoms with E-state index >= 15 is 0 Å². The monoisotopic (exact) mass is 339 g/mol. The molecule has 0 spiro atoms. The van der Waals surface area contributed by atoms with Gasteiger partial charge in [-0.2, -0.15) is 0 Å². The minimum absolute atomic E-state index is 0.0301. The summed E-state index contributed by atoms with van der Waals surface area (Å²) in [5.74, 6) is 0.0301. The van der Waals surface area contributed by atoms with Crippen LogP contribution in [0.3, 0.4) is 0 Å². The average molecular weight is 339 g/mol. The van der Waals surface area contributed by atoms with E-state index in [1.807, 2.05) is 42.2 Å². The molecule has 2 fully saturated rings. The van der Waals surface area contributed by atoms with Crippen LogP contribution in [0.25, 0.3) is 5.69 Å². The van der Waals surface area contributed by atoms with E-state index in [1.165, 1.54) is 12.8 Å². The van der Waals surface area contributed by atoms with E-state index in [0.29, 0.717) is 17.8 Å². The lowest BCUT2D eigenvalue weighted by atomic mass is 10.0. The molecule has 2 saturated heterocycles. The third-order valence-corrected chi connectivity index (χ3v) is 5.68. The summed E-state index contributed by atoms with van der Waals surface area (Å²) in [6.45, 7) is 3.88. The Morgan fingerprint density at radius 2 is 1.80 bits per heavy atom. The van der Waals surface area contributed by atoms with Crippen LogP contribution in [0.5, 0.6) is 0 Å². The van der Waals surface area contributed by atoms with E-state index in [1.54, 1.807) is 4.68 Å². The van der Waals surface area contributed by atoms with Crippen molar-refractivity contribution >= 4 is 5.91 Å². The van der Waals surface area contributed by atoms with Gasteiger partial charge < -0.3 is 9.80 Å². The molecule has 1 amide bonds. The van der Waals surface area contributed by atoms with Crippen molar-refractivity contribution in [2.75, 3.05) is 20.1 Å². The van der Waals surface area contributed by atoms with Crippen molar-refractivity contribution < 1.29 is 4.79 Å². The van der Waals surface area contributed by atoms with Gasteiger partial charge >= 0.3 is 0 Å². The fourth-order valence-corrected chi connectivity index (χ4v) is 4.34. The molecule has 2 atom stereocenters. The number of rotatable bonds is 3. The summed E-state index contributed by atoms with van der Waals surface area (Å²) in [5.41, 5.74) is 2.22. The van der Waals surface area contributed by atoms with Gasteiger partial charge in [0.25, 0.3) is 5.91 Å². The van der Waals surface area contributed by atoms with Crippen molar-refractivity contribution in [3.63, 3.8) is 0 Å². The van der Waals surface area contributed by atoms with Gasteiger partial charge in [-0.1, -0.05) is 23.4 Å². The molecule has 0 unspecified atom stereocenters. The van der Waals surface area contributed by atoms with Crippen molar-refractivity contribution in [1.82, 2.24) is 24.8 Å². The fraction of sp³-hybridized carbons (Fsp3) is 0.526. The Labute approximate surface area is 148 Å². The number of amides is 1. The molecule has 6 heteroatoms. The average Bonchev–Trinajstić information content (AvgIpc) is 3.34. The Morgan fingerprint density at radius 1 is 1.08 bits per heavy atom. The van der Waals surface area contributed by atoms with Gasteiger partial charge in [0.2, 0.25) is 0 Å². The van der Waals surface area contributed by atoms with Crippen LogP contribution in [0.4, 0.5) is 0 Å². The van der Waals surface area contributed by atoms with Gasteiger partial charge in [0, 0.05) is 18.6 Å². The molecule has 2 aliphatic heterocycles. The summed E-state index contributed by atoms with van der Waals surface area (Å²) < 4.78 is 1.75. The van der Waals surface area contributed by atoms with Gasteiger partial charge in [-0.25, -0.2) is 4.68 Å². The molecule has 6 nitrogen and oxygen atoms in total. The van der Waals surface area contributed by atoms with Gasteiger partial charge in [0.15, 0.2) is 5.69 Å². The van der Waals surface area contributed by atoms with E-state index in [-0.39, 0.29) is 5.91 Å². The van der Waals surface area contributed by atoms with Crippen molar-refractivity contribution in [2.24, 2.45) is 0 Å². The zero-order valence-electron chi connectivity index (χ0n) is 14.9.